The number of aromatic nitrogens is 1. The fourth-order valence-corrected chi connectivity index (χ4v) is 2.99. The first-order valence-electron chi connectivity index (χ1n) is 6.36. The average molecular weight is 381 g/mol. The second kappa shape index (κ2) is 6.41. The van der Waals surface area contributed by atoms with Crippen LogP contribution in [0.15, 0.2) is 51.7 Å². The van der Waals surface area contributed by atoms with Gasteiger partial charge < -0.3 is 4.42 Å². The van der Waals surface area contributed by atoms with Gasteiger partial charge in [0.25, 0.3) is 5.91 Å². The third-order valence-electron chi connectivity index (χ3n) is 2.86. The van der Waals surface area contributed by atoms with Gasteiger partial charge in [0.2, 0.25) is 0 Å². The summed E-state index contributed by atoms with van der Waals surface area (Å²) in [6.45, 7) is 0. The van der Waals surface area contributed by atoms with E-state index in [0.717, 1.165) is 10.4 Å². The Hall–Kier alpha value is -1.99. The summed E-state index contributed by atoms with van der Waals surface area (Å²) in [5, 5.41) is 3.18. The second-order valence-corrected chi connectivity index (χ2v) is 6.39. The van der Waals surface area contributed by atoms with Crippen molar-refractivity contribution in [3.8, 4) is 0 Å². The van der Waals surface area contributed by atoms with Crippen molar-refractivity contribution in [2.75, 3.05) is 5.32 Å². The molecule has 0 atom stereocenters. The van der Waals surface area contributed by atoms with Crippen LogP contribution in [-0.4, -0.2) is 10.9 Å². The summed E-state index contributed by atoms with van der Waals surface area (Å²) in [6, 6.07) is 9.53. The van der Waals surface area contributed by atoms with Crippen LogP contribution in [-0.2, 0) is 6.42 Å². The molecular weight excluding hydrogens is 371 g/mol. The number of furan rings is 1. The van der Waals surface area contributed by atoms with Crippen LogP contribution in [0, 0.1) is 5.82 Å². The molecule has 0 aliphatic rings. The Balaban J connectivity index is 1.66. The zero-order chi connectivity index (χ0) is 15.5. The lowest BCUT2D eigenvalue weighted by molar-refractivity contribution is 0.0995. The van der Waals surface area contributed by atoms with E-state index in [9.17, 15) is 9.18 Å². The third-order valence-corrected chi connectivity index (χ3v) is 4.20. The molecule has 1 amide bonds. The number of carbonyl (C=O) groups excluding carboxylic acids is 1. The van der Waals surface area contributed by atoms with Gasteiger partial charge in [-0.25, -0.2) is 9.37 Å². The smallest absolute Gasteiger partial charge is 0.293 e. The van der Waals surface area contributed by atoms with E-state index < -0.39 is 0 Å². The van der Waals surface area contributed by atoms with Crippen molar-refractivity contribution < 1.29 is 13.6 Å². The van der Waals surface area contributed by atoms with Crippen LogP contribution in [0.4, 0.5) is 9.52 Å². The summed E-state index contributed by atoms with van der Waals surface area (Å²) in [4.78, 5) is 17.1. The van der Waals surface area contributed by atoms with E-state index in [1.54, 1.807) is 30.5 Å². The summed E-state index contributed by atoms with van der Waals surface area (Å²) >= 11 is 4.52. The van der Waals surface area contributed by atoms with Crippen LogP contribution >= 0.6 is 27.3 Å². The number of rotatable bonds is 4. The Morgan fingerprint density at radius 2 is 2.05 bits per heavy atom. The van der Waals surface area contributed by atoms with Crippen molar-refractivity contribution >= 4 is 38.3 Å². The van der Waals surface area contributed by atoms with Crippen LogP contribution in [0.5, 0.6) is 0 Å². The average Bonchev–Trinajstić information content (AvgIpc) is 3.11. The zero-order valence-electron chi connectivity index (χ0n) is 11.2. The molecule has 0 bridgehead atoms. The number of benzene rings is 1. The van der Waals surface area contributed by atoms with Gasteiger partial charge in [0.15, 0.2) is 15.6 Å². The number of nitrogens with zero attached hydrogens (tertiary/aromatic N) is 1. The van der Waals surface area contributed by atoms with Crippen LogP contribution < -0.4 is 5.32 Å². The maximum absolute atomic E-state index is 12.9. The van der Waals surface area contributed by atoms with Gasteiger partial charge >= 0.3 is 0 Å². The van der Waals surface area contributed by atoms with Crippen LogP contribution in [0.25, 0.3) is 0 Å². The maximum Gasteiger partial charge on any atom is 0.293 e. The van der Waals surface area contributed by atoms with E-state index in [-0.39, 0.29) is 17.5 Å². The second-order valence-electron chi connectivity index (χ2n) is 4.49. The van der Waals surface area contributed by atoms with Gasteiger partial charge in [0, 0.05) is 17.5 Å². The molecule has 0 aliphatic carbocycles. The highest BCUT2D eigenvalue weighted by atomic mass is 79.9. The first-order valence-corrected chi connectivity index (χ1v) is 7.97. The molecule has 3 rings (SSSR count). The lowest BCUT2D eigenvalue weighted by atomic mass is 10.1. The number of halogens is 2. The first kappa shape index (κ1) is 14.9. The largest absolute Gasteiger partial charge is 0.444 e. The molecule has 0 aliphatic heterocycles. The van der Waals surface area contributed by atoms with Gasteiger partial charge in [0.05, 0.1) is 0 Å². The maximum atomic E-state index is 12.9. The molecule has 112 valence electrons. The number of anilines is 1. The lowest BCUT2D eigenvalue weighted by Gasteiger charge is -1.98. The van der Waals surface area contributed by atoms with Crippen LogP contribution in [0.3, 0.4) is 0 Å². The van der Waals surface area contributed by atoms with Gasteiger partial charge in [-0.3, -0.25) is 10.1 Å². The van der Waals surface area contributed by atoms with Crippen molar-refractivity contribution in [2.24, 2.45) is 0 Å². The predicted octanol–water partition coefficient (Wildman–Crippen LogP) is 4.48. The Morgan fingerprint density at radius 1 is 1.27 bits per heavy atom. The van der Waals surface area contributed by atoms with Gasteiger partial charge in [-0.05, 0) is 45.8 Å². The minimum atomic E-state index is -0.353. The van der Waals surface area contributed by atoms with Gasteiger partial charge in [-0.15, -0.1) is 11.3 Å². The van der Waals surface area contributed by atoms with Gasteiger partial charge in [-0.1, -0.05) is 12.1 Å². The van der Waals surface area contributed by atoms with E-state index in [1.807, 2.05) is 0 Å². The number of amides is 1. The lowest BCUT2D eigenvalue weighted by Crippen LogP contribution is -2.10. The molecule has 0 saturated heterocycles. The summed E-state index contributed by atoms with van der Waals surface area (Å²) < 4.78 is 18.5. The topological polar surface area (TPSA) is 55.1 Å². The van der Waals surface area contributed by atoms with Crippen molar-refractivity contribution in [1.29, 1.82) is 0 Å². The number of hydrogen-bond acceptors (Lipinski definition) is 4. The van der Waals surface area contributed by atoms with Crippen molar-refractivity contribution in [1.82, 2.24) is 4.98 Å². The highest BCUT2D eigenvalue weighted by Crippen LogP contribution is 2.22. The summed E-state index contributed by atoms with van der Waals surface area (Å²) in [5.41, 5.74) is 0.984. The van der Waals surface area contributed by atoms with Gasteiger partial charge in [0.1, 0.15) is 5.82 Å². The van der Waals surface area contributed by atoms with Crippen molar-refractivity contribution in [3.05, 3.63) is 69.3 Å². The molecule has 0 spiro atoms. The van der Waals surface area contributed by atoms with E-state index in [4.69, 9.17) is 4.42 Å². The monoisotopic (exact) mass is 380 g/mol. The molecule has 0 radical (unpaired) electrons. The van der Waals surface area contributed by atoms with Gasteiger partial charge in [-0.2, -0.15) is 0 Å². The Morgan fingerprint density at radius 3 is 2.73 bits per heavy atom. The van der Waals surface area contributed by atoms with Crippen molar-refractivity contribution in [3.63, 3.8) is 0 Å². The molecule has 22 heavy (non-hydrogen) atoms. The first-order chi connectivity index (χ1) is 10.6. The Kier molecular flexibility index (Phi) is 4.35. The van der Waals surface area contributed by atoms with E-state index in [1.165, 1.54) is 23.5 Å². The standard InChI is InChI=1S/C15H10BrFN2O2S/c16-13-6-5-12(21-13)14(20)19-15-18-8-11(22-15)7-9-1-3-10(17)4-2-9/h1-6,8H,7H2,(H,18,19,20). The number of hydrogen-bond donors (Lipinski definition) is 1. The van der Waals surface area contributed by atoms with E-state index >= 15 is 0 Å². The number of carbonyl (C=O) groups is 1. The summed E-state index contributed by atoms with van der Waals surface area (Å²) in [5.74, 6) is -0.402. The zero-order valence-corrected chi connectivity index (χ0v) is 13.6. The molecule has 2 heterocycles. The summed E-state index contributed by atoms with van der Waals surface area (Å²) in [7, 11) is 0. The fourth-order valence-electron chi connectivity index (χ4n) is 1.85. The SMILES string of the molecule is O=C(Nc1ncc(Cc2ccc(F)cc2)s1)c1ccc(Br)o1. The molecule has 0 saturated carbocycles. The molecule has 2 aromatic heterocycles. The molecule has 1 N–H and O–H groups in total. The number of nitrogens with one attached hydrogen (secondary N) is 1. The molecule has 1 aromatic carbocycles. The van der Waals surface area contributed by atoms with E-state index in [0.29, 0.717) is 16.2 Å². The van der Waals surface area contributed by atoms with Crippen molar-refractivity contribution in [2.45, 2.75) is 6.42 Å². The van der Waals surface area contributed by atoms with Crippen LogP contribution in [0.2, 0.25) is 0 Å². The Labute approximate surface area is 138 Å². The minimum Gasteiger partial charge on any atom is -0.444 e. The molecule has 4 nitrogen and oxygen atoms in total. The quantitative estimate of drug-likeness (QED) is 0.725. The number of thiazole rings is 1. The molecule has 3 aromatic rings. The predicted molar refractivity (Wildman–Crippen MR) is 85.7 cm³/mol. The molecule has 7 heteroatoms. The van der Waals surface area contributed by atoms with E-state index in [2.05, 4.69) is 26.2 Å². The Bertz CT molecular complexity index is 798. The normalized spacial score (nSPS) is 10.6. The highest BCUT2D eigenvalue weighted by molar-refractivity contribution is 9.10. The molecule has 0 fully saturated rings. The molecule has 0 unspecified atom stereocenters. The summed E-state index contributed by atoms with van der Waals surface area (Å²) in [6.07, 6.45) is 2.34. The minimum absolute atomic E-state index is 0.210. The highest BCUT2D eigenvalue weighted by Gasteiger charge is 2.13. The fraction of sp³-hybridized carbons (Fsp3) is 0.0667. The third kappa shape index (κ3) is 3.61. The van der Waals surface area contributed by atoms with Crippen LogP contribution in [0.1, 0.15) is 21.0 Å². The molecular formula is C15H10BrFN2O2S.